The number of rotatable bonds is 1. The first-order chi connectivity index (χ1) is 7.00. The second kappa shape index (κ2) is 3.30. The van der Waals surface area contributed by atoms with Gasteiger partial charge in [0, 0.05) is 16.9 Å². The zero-order valence-corrected chi connectivity index (χ0v) is 9.25. The van der Waals surface area contributed by atoms with Crippen LogP contribution in [-0.4, -0.2) is 20.9 Å². The van der Waals surface area contributed by atoms with E-state index in [0.29, 0.717) is 4.47 Å². The monoisotopic (exact) mass is 272 g/mol. The lowest BCUT2D eigenvalue weighted by Gasteiger charge is -1.96. The number of carbonyl (C=O) groups is 1. The minimum Gasteiger partial charge on any atom is -0.476 e. The van der Waals surface area contributed by atoms with Crippen molar-refractivity contribution in [2.75, 3.05) is 0 Å². The molecule has 0 fully saturated rings. The third-order valence-corrected chi connectivity index (χ3v) is 2.52. The molecule has 0 spiro atoms. The van der Waals surface area contributed by atoms with Gasteiger partial charge in [0.05, 0.1) is 0 Å². The van der Waals surface area contributed by atoms with E-state index < -0.39 is 11.8 Å². The van der Waals surface area contributed by atoms with Crippen LogP contribution in [-0.2, 0) is 7.05 Å². The summed E-state index contributed by atoms with van der Waals surface area (Å²) in [6, 6.07) is 2.81. The fourth-order valence-electron chi connectivity index (χ4n) is 1.49. The molecule has 0 radical (unpaired) electrons. The standard InChI is InChI=1S/C9H6BrFN2O2/c1-13-8-5(7(12-13)9(14)15)2-4(10)3-6(8)11/h2-3H,1H3,(H,14,15). The first-order valence-electron chi connectivity index (χ1n) is 4.05. The van der Waals surface area contributed by atoms with Crippen molar-refractivity contribution in [1.29, 1.82) is 0 Å². The predicted octanol–water partition coefficient (Wildman–Crippen LogP) is 2.17. The highest BCUT2D eigenvalue weighted by molar-refractivity contribution is 9.10. The quantitative estimate of drug-likeness (QED) is 0.866. The average molecular weight is 273 g/mol. The average Bonchev–Trinajstić information content (AvgIpc) is 2.42. The SMILES string of the molecule is Cn1nc(C(=O)O)c2cc(Br)cc(F)c21. The zero-order chi connectivity index (χ0) is 11.2. The lowest BCUT2D eigenvalue weighted by atomic mass is 10.2. The minimum atomic E-state index is -1.17. The number of benzene rings is 1. The zero-order valence-electron chi connectivity index (χ0n) is 7.66. The van der Waals surface area contributed by atoms with Gasteiger partial charge in [-0.05, 0) is 12.1 Å². The summed E-state index contributed by atoms with van der Waals surface area (Å²) in [5, 5.41) is 12.9. The maximum Gasteiger partial charge on any atom is 0.357 e. The van der Waals surface area contributed by atoms with Crippen LogP contribution < -0.4 is 0 Å². The number of carboxylic acids is 1. The van der Waals surface area contributed by atoms with Crippen molar-refractivity contribution in [1.82, 2.24) is 9.78 Å². The summed E-state index contributed by atoms with van der Waals surface area (Å²) < 4.78 is 15.2. The molecule has 6 heteroatoms. The van der Waals surface area contributed by atoms with E-state index in [0.717, 1.165) is 0 Å². The molecule has 0 amide bonds. The maximum atomic E-state index is 13.5. The smallest absolute Gasteiger partial charge is 0.357 e. The van der Waals surface area contributed by atoms with Crippen molar-refractivity contribution in [3.8, 4) is 0 Å². The number of aromatic nitrogens is 2. The molecule has 1 aromatic heterocycles. The highest BCUT2D eigenvalue weighted by Gasteiger charge is 2.18. The molecule has 2 rings (SSSR count). The molecule has 0 aliphatic heterocycles. The molecule has 2 aromatic rings. The van der Waals surface area contributed by atoms with Gasteiger partial charge in [-0.2, -0.15) is 5.10 Å². The Hall–Kier alpha value is -1.43. The molecule has 0 atom stereocenters. The third kappa shape index (κ3) is 1.50. The van der Waals surface area contributed by atoms with Gasteiger partial charge in [0.15, 0.2) is 5.69 Å². The van der Waals surface area contributed by atoms with E-state index in [1.807, 2.05) is 0 Å². The summed E-state index contributed by atoms with van der Waals surface area (Å²) in [6.45, 7) is 0. The van der Waals surface area contributed by atoms with Gasteiger partial charge in [0.1, 0.15) is 11.3 Å². The Labute approximate surface area is 92.4 Å². The molecule has 1 N–H and O–H groups in total. The summed E-state index contributed by atoms with van der Waals surface area (Å²) >= 11 is 3.11. The number of hydrogen-bond donors (Lipinski definition) is 1. The molecular formula is C9H6BrFN2O2. The molecule has 0 aliphatic carbocycles. The summed E-state index contributed by atoms with van der Waals surface area (Å²) in [5.41, 5.74) is 0.0447. The molecule has 1 heterocycles. The summed E-state index contributed by atoms with van der Waals surface area (Å²) in [4.78, 5) is 10.8. The van der Waals surface area contributed by atoms with E-state index in [1.165, 1.54) is 23.9 Å². The first-order valence-corrected chi connectivity index (χ1v) is 4.85. The maximum absolute atomic E-state index is 13.5. The van der Waals surface area contributed by atoms with E-state index in [4.69, 9.17) is 5.11 Å². The van der Waals surface area contributed by atoms with E-state index in [-0.39, 0.29) is 16.6 Å². The molecular weight excluding hydrogens is 267 g/mol. The number of halogens is 2. The van der Waals surface area contributed by atoms with Crippen molar-refractivity contribution in [3.63, 3.8) is 0 Å². The molecule has 78 valence electrons. The second-order valence-electron chi connectivity index (χ2n) is 3.06. The van der Waals surface area contributed by atoms with Gasteiger partial charge in [-0.3, -0.25) is 4.68 Å². The Morgan fingerprint density at radius 1 is 1.60 bits per heavy atom. The third-order valence-electron chi connectivity index (χ3n) is 2.06. The van der Waals surface area contributed by atoms with Crippen molar-refractivity contribution >= 4 is 32.8 Å². The van der Waals surface area contributed by atoms with Gasteiger partial charge in [-0.25, -0.2) is 9.18 Å². The van der Waals surface area contributed by atoms with Gasteiger partial charge >= 0.3 is 5.97 Å². The van der Waals surface area contributed by atoms with Gasteiger partial charge in [0.25, 0.3) is 0 Å². The van der Waals surface area contributed by atoms with Crippen molar-refractivity contribution in [2.24, 2.45) is 7.05 Å². The Kier molecular flexibility index (Phi) is 2.22. The van der Waals surface area contributed by atoms with Crippen molar-refractivity contribution < 1.29 is 14.3 Å². The van der Waals surface area contributed by atoms with Crippen LogP contribution in [0.25, 0.3) is 10.9 Å². The lowest BCUT2D eigenvalue weighted by molar-refractivity contribution is 0.0691. The highest BCUT2D eigenvalue weighted by Crippen LogP contribution is 2.25. The molecule has 0 saturated carbocycles. The van der Waals surface area contributed by atoms with Crippen LogP contribution in [0.1, 0.15) is 10.5 Å². The summed E-state index contributed by atoms with van der Waals surface area (Å²) in [5.74, 6) is -1.67. The van der Waals surface area contributed by atoms with E-state index in [1.54, 1.807) is 0 Å². The number of aryl methyl sites for hydroxylation is 1. The van der Waals surface area contributed by atoms with E-state index >= 15 is 0 Å². The number of fused-ring (bicyclic) bond motifs is 1. The summed E-state index contributed by atoms with van der Waals surface area (Å²) in [7, 11) is 1.51. The molecule has 0 aliphatic rings. The number of aromatic carboxylic acids is 1. The summed E-state index contributed by atoms with van der Waals surface area (Å²) in [6.07, 6.45) is 0. The van der Waals surface area contributed by atoms with Crippen molar-refractivity contribution in [2.45, 2.75) is 0 Å². The highest BCUT2D eigenvalue weighted by atomic mass is 79.9. The number of hydrogen-bond acceptors (Lipinski definition) is 2. The molecule has 0 saturated heterocycles. The van der Waals surface area contributed by atoms with Gasteiger partial charge in [-0.15, -0.1) is 0 Å². The number of nitrogens with zero attached hydrogens (tertiary/aromatic N) is 2. The van der Waals surface area contributed by atoms with Crippen LogP contribution >= 0.6 is 15.9 Å². The second-order valence-corrected chi connectivity index (χ2v) is 3.98. The Bertz CT molecular complexity index is 565. The Balaban J connectivity index is 2.93. The van der Waals surface area contributed by atoms with Crippen LogP contribution in [0, 0.1) is 5.82 Å². The van der Waals surface area contributed by atoms with Crippen LogP contribution in [0.15, 0.2) is 16.6 Å². The van der Waals surface area contributed by atoms with Crippen LogP contribution in [0.5, 0.6) is 0 Å². The fourth-order valence-corrected chi connectivity index (χ4v) is 1.92. The minimum absolute atomic E-state index is 0.146. The fraction of sp³-hybridized carbons (Fsp3) is 0.111. The normalized spacial score (nSPS) is 10.9. The largest absolute Gasteiger partial charge is 0.476 e. The molecule has 15 heavy (non-hydrogen) atoms. The van der Waals surface area contributed by atoms with Gasteiger partial charge < -0.3 is 5.11 Å². The van der Waals surface area contributed by atoms with Gasteiger partial charge in [-0.1, -0.05) is 15.9 Å². The lowest BCUT2D eigenvalue weighted by Crippen LogP contribution is -1.99. The van der Waals surface area contributed by atoms with Crippen LogP contribution in [0.3, 0.4) is 0 Å². The molecule has 4 nitrogen and oxygen atoms in total. The van der Waals surface area contributed by atoms with Crippen LogP contribution in [0.2, 0.25) is 0 Å². The van der Waals surface area contributed by atoms with E-state index in [9.17, 15) is 9.18 Å². The van der Waals surface area contributed by atoms with Crippen LogP contribution in [0.4, 0.5) is 4.39 Å². The molecule has 1 aromatic carbocycles. The molecule has 0 bridgehead atoms. The number of carboxylic acid groups (broad SMARTS) is 1. The topological polar surface area (TPSA) is 55.1 Å². The molecule has 0 unspecified atom stereocenters. The van der Waals surface area contributed by atoms with Gasteiger partial charge in [0.2, 0.25) is 0 Å². The predicted molar refractivity (Wildman–Crippen MR) is 55.3 cm³/mol. The van der Waals surface area contributed by atoms with E-state index in [2.05, 4.69) is 21.0 Å². The Morgan fingerprint density at radius 3 is 2.87 bits per heavy atom. The first kappa shape index (κ1) is 10.1. The van der Waals surface area contributed by atoms with Crippen molar-refractivity contribution in [3.05, 3.63) is 28.1 Å². The Morgan fingerprint density at radius 2 is 2.27 bits per heavy atom.